The van der Waals surface area contributed by atoms with Gasteiger partial charge in [0, 0.05) is 18.8 Å². The Morgan fingerprint density at radius 3 is 2.63 bits per heavy atom. The lowest BCUT2D eigenvalue weighted by Gasteiger charge is -2.34. The number of carboxylic acid groups (broad SMARTS) is 1. The number of para-hydroxylation sites is 1. The Morgan fingerprint density at radius 1 is 1.11 bits per heavy atom. The Kier molecular flexibility index (Phi) is 7.11. The molecule has 5 heteroatoms. The Bertz CT molecular complexity index is 702. The normalized spacial score (nSPS) is 16.9. The summed E-state index contributed by atoms with van der Waals surface area (Å²) >= 11 is 0. The van der Waals surface area contributed by atoms with Gasteiger partial charge < -0.3 is 19.5 Å². The maximum atomic E-state index is 10.4. The minimum absolute atomic E-state index is 0.215. The average Bonchev–Trinajstić information content (AvgIpc) is 2.69. The van der Waals surface area contributed by atoms with Crippen LogP contribution in [0.15, 0.2) is 54.6 Å². The number of aryl methyl sites for hydroxylation is 1. The zero-order valence-corrected chi connectivity index (χ0v) is 15.5. The number of carboxylic acids is 1. The standard InChI is InChI=1S/C22H27NO4/c24-22(25)17-26-15-5-6-18-10-12-19(13-11-18)23-14-4-9-21(16-23)27-20-7-2-1-3-8-20/h1-3,7-8,10-13,21H,4-6,9,14-17H2,(H,24,25). The van der Waals surface area contributed by atoms with Crippen LogP contribution in [-0.2, 0) is 16.0 Å². The van der Waals surface area contributed by atoms with Crippen LogP contribution >= 0.6 is 0 Å². The fourth-order valence-electron chi connectivity index (χ4n) is 3.37. The van der Waals surface area contributed by atoms with Gasteiger partial charge in [0.05, 0.1) is 6.54 Å². The first-order chi connectivity index (χ1) is 13.2. The Hall–Kier alpha value is -2.53. The van der Waals surface area contributed by atoms with Crippen molar-refractivity contribution in [1.82, 2.24) is 0 Å². The van der Waals surface area contributed by atoms with Crippen molar-refractivity contribution >= 4 is 11.7 Å². The van der Waals surface area contributed by atoms with Crippen molar-refractivity contribution in [3.63, 3.8) is 0 Å². The number of benzene rings is 2. The van der Waals surface area contributed by atoms with Crippen LogP contribution in [0, 0.1) is 0 Å². The average molecular weight is 369 g/mol. The van der Waals surface area contributed by atoms with E-state index in [1.54, 1.807) is 0 Å². The second-order valence-corrected chi connectivity index (χ2v) is 6.86. The maximum Gasteiger partial charge on any atom is 0.329 e. The molecule has 0 aromatic heterocycles. The van der Waals surface area contributed by atoms with Gasteiger partial charge in [-0.15, -0.1) is 0 Å². The molecule has 0 spiro atoms. The molecule has 2 aromatic rings. The summed E-state index contributed by atoms with van der Waals surface area (Å²) in [7, 11) is 0. The maximum absolute atomic E-state index is 10.4. The monoisotopic (exact) mass is 369 g/mol. The van der Waals surface area contributed by atoms with Crippen LogP contribution in [-0.4, -0.2) is 43.5 Å². The van der Waals surface area contributed by atoms with Gasteiger partial charge in [-0.25, -0.2) is 4.79 Å². The number of anilines is 1. The molecule has 1 saturated heterocycles. The molecule has 0 saturated carbocycles. The molecule has 1 atom stereocenters. The number of hydrogen-bond acceptors (Lipinski definition) is 4. The van der Waals surface area contributed by atoms with Gasteiger partial charge in [0.25, 0.3) is 0 Å². The van der Waals surface area contributed by atoms with Gasteiger partial charge in [-0.1, -0.05) is 30.3 Å². The SMILES string of the molecule is O=C(O)COCCCc1ccc(N2CCCC(Oc3ccccc3)C2)cc1. The lowest BCUT2D eigenvalue weighted by Crippen LogP contribution is -2.41. The highest BCUT2D eigenvalue weighted by Crippen LogP contribution is 2.23. The first kappa shape index (κ1) is 19.2. The Morgan fingerprint density at radius 2 is 1.89 bits per heavy atom. The van der Waals surface area contributed by atoms with E-state index in [4.69, 9.17) is 14.6 Å². The second kappa shape index (κ2) is 9.97. The highest BCUT2D eigenvalue weighted by atomic mass is 16.5. The van der Waals surface area contributed by atoms with Crippen LogP contribution < -0.4 is 9.64 Å². The molecule has 144 valence electrons. The fraction of sp³-hybridized carbons (Fsp3) is 0.409. The smallest absolute Gasteiger partial charge is 0.329 e. The van der Waals surface area contributed by atoms with Gasteiger partial charge in [-0.3, -0.25) is 0 Å². The summed E-state index contributed by atoms with van der Waals surface area (Å²) in [6.45, 7) is 2.20. The van der Waals surface area contributed by atoms with Gasteiger partial charge in [0.1, 0.15) is 18.5 Å². The first-order valence-corrected chi connectivity index (χ1v) is 9.56. The highest BCUT2D eigenvalue weighted by Gasteiger charge is 2.21. The summed E-state index contributed by atoms with van der Waals surface area (Å²) < 4.78 is 11.2. The minimum Gasteiger partial charge on any atom is -0.489 e. The topological polar surface area (TPSA) is 59.0 Å². The van der Waals surface area contributed by atoms with E-state index in [9.17, 15) is 4.79 Å². The number of nitrogens with zero attached hydrogens (tertiary/aromatic N) is 1. The number of piperidine rings is 1. The molecule has 5 nitrogen and oxygen atoms in total. The summed E-state index contributed by atoms with van der Waals surface area (Å²) in [4.78, 5) is 12.8. The zero-order chi connectivity index (χ0) is 18.9. The molecule has 0 bridgehead atoms. The lowest BCUT2D eigenvalue weighted by atomic mass is 10.1. The van der Waals surface area contributed by atoms with Crippen LogP contribution in [0.4, 0.5) is 5.69 Å². The molecule has 1 unspecified atom stereocenters. The van der Waals surface area contributed by atoms with Gasteiger partial charge in [0.2, 0.25) is 0 Å². The van der Waals surface area contributed by atoms with E-state index < -0.39 is 5.97 Å². The van der Waals surface area contributed by atoms with E-state index >= 15 is 0 Å². The molecular weight excluding hydrogens is 342 g/mol. The molecule has 2 aromatic carbocycles. The molecule has 1 heterocycles. The molecule has 1 aliphatic heterocycles. The summed E-state index contributed by atoms with van der Waals surface area (Å²) in [5.74, 6) is 0.0141. The van der Waals surface area contributed by atoms with E-state index in [-0.39, 0.29) is 12.7 Å². The number of hydrogen-bond donors (Lipinski definition) is 1. The van der Waals surface area contributed by atoms with Crippen LogP contribution in [0.2, 0.25) is 0 Å². The number of ether oxygens (including phenoxy) is 2. The second-order valence-electron chi connectivity index (χ2n) is 6.86. The summed E-state index contributed by atoms with van der Waals surface area (Å²) in [5, 5.41) is 8.55. The molecule has 1 aliphatic rings. The van der Waals surface area contributed by atoms with E-state index in [0.717, 1.165) is 44.5 Å². The predicted molar refractivity (Wildman–Crippen MR) is 106 cm³/mol. The van der Waals surface area contributed by atoms with Crippen molar-refractivity contribution in [2.24, 2.45) is 0 Å². The molecular formula is C22H27NO4. The van der Waals surface area contributed by atoms with Crippen LogP contribution in [0.1, 0.15) is 24.8 Å². The molecule has 0 aliphatic carbocycles. The molecule has 1 N–H and O–H groups in total. The van der Waals surface area contributed by atoms with Gasteiger partial charge in [-0.2, -0.15) is 0 Å². The van der Waals surface area contributed by atoms with Crippen molar-refractivity contribution in [3.8, 4) is 5.75 Å². The van der Waals surface area contributed by atoms with Crippen molar-refractivity contribution in [1.29, 1.82) is 0 Å². The predicted octanol–water partition coefficient (Wildman–Crippen LogP) is 3.77. The molecule has 0 amide bonds. The van der Waals surface area contributed by atoms with Crippen molar-refractivity contribution in [2.75, 3.05) is 31.2 Å². The lowest BCUT2D eigenvalue weighted by molar-refractivity contribution is -0.142. The first-order valence-electron chi connectivity index (χ1n) is 9.56. The zero-order valence-electron chi connectivity index (χ0n) is 15.5. The Balaban J connectivity index is 1.47. The molecule has 27 heavy (non-hydrogen) atoms. The molecule has 3 rings (SSSR count). The van der Waals surface area contributed by atoms with Crippen LogP contribution in [0.3, 0.4) is 0 Å². The van der Waals surface area contributed by atoms with Gasteiger partial charge >= 0.3 is 5.97 Å². The third kappa shape index (κ3) is 6.29. The van der Waals surface area contributed by atoms with Crippen molar-refractivity contribution in [2.45, 2.75) is 31.8 Å². The summed E-state index contributed by atoms with van der Waals surface area (Å²) in [6, 6.07) is 18.6. The molecule has 0 radical (unpaired) electrons. The summed E-state index contributed by atoms with van der Waals surface area (Å²) in [5.41, 5.74) is 2.47. The van der Waals surface area contributed by atoms with Crippen LogP contribution in [0.5, 0.6) is 5.75 Å². The van der Waals surface area contributed by atoms with Gasteiger partial charge in [0.15, 0.2) is 0 Å². The largest absolute Gasteiger partial charge is 0.489 e. The van der Waals surface area contributed by atoms with E-state index in [2.05, 4.69) is 29.2 Å². The van der Waals surface area contributed by atoms with E-state index in [1.807, 2.05) is 30.3 Å². The molecule has 1 fully saturated rings. The quantitative estimate of drug-likeness (QED) is 0.682. The van der Waals surface area contributed by atoms with Crippen LogP contribution in [0.25, 0.3) is 0 Å². The minimum atomic E-state index is -0.921. The van der Waals surface area contributed by atoms with E-state index in [1.165, 1.54) is 11.3 Å². The highest BCUT2D eigenvalue weighted by molar-refractivity contribution is 5.67. The number of carbonyl (C=O) groups is 1. The Labute approximate surface area is 160 Å². The van der Waals surface area contributed by atoms with E-state index in [0.29, 0.717) is 6.61 Å². The summed E-state index contributed by atoms with van der Waals surface area (Å²) in [6.07, 6.45) is 4.13. The number of aliphatic carboxylic acids is 1. The third-order valence-electron chi connectivity index (χ3n) is 4.71. The third-order valence-corrected chi connectivity index (χ3v) is 4.71. The van der Waals surface area contributed by atoms with Crippen molar-refractivity contribution < 1.29 is 19.4 Å². The number of rotatable bonds is 9. The van der Waals surface area contributed by atoms with Crippen molar-refractivity contribution in [3.05, 3.63) is 60.2 Å². The van der Waals surface area contributed by atoms with Gasteiger partial charge in [-0.05, 0) is 55.5 Å². The fourth-order valence-corrected chi connectivity index (χ4v) is 3.37.